The summed E-state index contributed by atoms with van der Waals surface area (Å²) < 4.78 is 0. The highest BCUT2D eigenvalue weighted by Crippen LogP contribution is 2.32. The van der Waals surface area contributed by atoms with Gasteiger partial charge < -0.3 is 0 Å². The Hall–Kier alpha value is -2.56. The number of benzene rings is 1. The summed E-state index contributed by atoms with van der Waals surface area (Å²) in [6, 6.07) is 7.81. The van der Waals surface area contributed by atoms with Crippen LogP contribution in [-0.2, 0) is 6.54 Å². The zero-order chi connectivity index (χ0) is 12.1. The van der Waals surface area contributed by atoms with Crippen molar-refractivity contribution in [3.05, 3.63) is 53.6 Å². The molecule has 5 heteroatoms. The number of hydrogen-bond donors (Lipinski definition) is 0. The fraction of sp³-hybridized carbons (Fsp3) is 0.0769. The van der Waals surface area contributed by atoms with E-state index in [2.05, 4.69) is 15.0 Å². The second-order valence-electron chi connectivity index (χ2n) is 4.21. The van der Waals surface area contributed by atoms with Crippen LogP contribution in [0.1, 0.15) is 21.7 Å². The number of carbonyl (C=O) groups excluding carboxylic acids is 1. The van der Waals surface area contributed by atoms with E-state index in [1.54, 1.807) is 11.1 Å². The number of rotatable bonds is 0. The van der Waals surface area contributed by atoms with Crippen molar-refractivity contribution in [1.29, 1.82) is 0 Å². The Labute approximate surface area is 103 Å². The van der Waals surface area contributed by atoms with Crippen molar-refractivity contribution >= 4 is 17.4 Å². The smallest absolute Gasteiger partial charge is 0.280 e. The van der Waals surface area contributed by atoms with Gasteiger partial charge in [-0.1, -0.05) is 18.2 Å². The summed E-state index contributed by atoms with van der Waals surface area (Å²) in [4.78, 5) is 26.6. The standard InChI is InChI=1S/C13H8N4O/c18-13-11-10(14-5-6-15-11)12-16-9-4-2-1-3-8(9)7-17(12)13/h1-6H,7H2. The van der Waals surface area contributed by atoms with Crippen LogP contribution in [0.3, 0.4) is 0 Å². The largest absolute Gasteiger partial charge is 0.285 e. The quantitative estimate of drug-likeness (QED) is 0.696. The predicted molar refractivity (Wildman–Crippen MR) is 64.5 cm³/mol. The average molecular weight is 236 g/mol. The van der Waals surface area contributed by atoms with Crippen molar-refractivity contribution in [2.75, 3.05) is 0 Å². The minimum absolute atomic E-state index is 0.119. The Kier molecular flexibility index (Phi) is 1.70. The van der Waals surface area contributed by atoms with Crippen molar-refractivity contribution < 1.29 is 4.79 Å². The number of nitrogens with zero attached hydrogens (tertiary/aromatic N) is 4. The van der Waals surface area contributed by atoms with E-state index in [1.165, 1.54) is 6.20 Å². The van der Waals surface area contributed by atoms with Gasteiger partial charge in [0.2, 0.25) is 0 Å². The molecular weight excluding hydrogens is 228 g/mol. The van der Waals surface area contributed by atoms with Gasteiger partial charge in [0.05, 0.1) is 12.2 Å². The van der Waals surface area contributed by atoms with E-state index in [0.29, 0.717) is 23.8 Å². The van der Waals surface area contributed by atoms with Gasteiger partial charge in [-0.25, -0.2) is 15.0 Å². The summed E-state index contributed by atoms with van der Waals surface area (Å²) in [5.74, 6) is 0.494. The van der Waals surface area contributed by atoms with E-state index >= 15 is 0 Å². The molecule has 2 aliphatic heterocycles. The Balaban J connectivity index is 1.97. The van der Waals surface area contributed by atoms with E-state index in [1.807, 2.05) is 24.3 Å². The molecule has 1 amide bonds. The maximum atomic E-state index is 12.2. The van der Waals surface area contributed by atoms with Crippen molar-refractivity contribution in [2.45, 2.75) is 6.54 Å². The number of amidine groups is 1. The molecule has 2 aliphatic rings. The molecule has 5 nitrogen and oxygen atoms in total. The third-order valence-electron chi connectivity index (χ3n) is 3.16. The zero-order valence-corrected chi connectivity index (χ0v) is 9.37. The molecule has 0 spiro atoms. The number of para-hydroxylation sites is 1. The number of amides is 1. The van der Waals surface area contributed by atoms with E-state index in [9.17, 15) is 4.79 Å². The highest BCUT2D eigenvalue weighted by Gasteiger charge is 2.38. The van der Waals surface area contributed by atoms with Gasteiger partial charge in [-0.2, -0.15) is 0 Å². The van der Waals surface area contributed by atoms with Crippen molar-refractivity contribution in [1.82, 2.24) is 14.9 Å². The lowest BCUT2D eigenvalue weighted by Crippen LogP contribution is -2.32. The van der Waals surface area contributed by atoms with Gasteiger partial charge in [-0.15, -0.1) is 0 Å². The van der Waals surface area contributed by atoms with Crippen LogP contribution in [0, 0.1) is 0 Å². The maximum Gasteiger partial charge on any atom is 0.280 e. The molecule has 2 aromatic rings. The molecule has 0 unspecified atom stereocenters. The number of fused-ring (bicyclic) bond motifs is 4. The minimum Gasteiger partial charge on any atom is -0.285 e. The lowest BCUT2D eigenvalue weighted by atomic mass is 10.1. The number of carbonyl (C=O) groups is 1. The molecule has 1 aromatic carbocycles. The highest BCUT2D eigenvalue weighted by molar-refractivity contribution is 6.22. The van der Waals surface area contributed by atoms with Gasteiger partial charge in [-0.3, -0.25) is 9.69 Å². The van der Waals surface area contributed by atoms with E-state index in [-0.39, 0.29) is 5.91 Å². The van der Waals surface area contributed by atoms with Gasteiger partial charge in [0.25, 0.3) is 5.91 Å². The molecule has 0 aliphatic carbocycles. The lowest BCUT2D eigenvalue weighted by Gasteiger charge is -2.22. The van der Waals surface area contributed by atoms with E-state index in [0.717, 1.165) is 11.3 Å². The van der Waals surface area contributed by atoms with E-state index < -0.39 is 0 Å². The first-order chi connectivity index (χ1) is 8.84. The van der Waals surface area contributed by atoms with Crippen LogP contribution in [0.4, 0.5) is 5.69 Å². The molecule has 0 saturated carbocycles. The summed E-state index contributed by atoms with van der Waals surface area (Å²) in [7, 11) is 0. The van der Waals surface area contributed by atoms with Crippen LogP contribution < -0.4 is 0 Å². The Morgan fingerprint density at radius 3 is 2.72 bits per heavy atom. The Morgan fingerprint density at radius 2 is 1.83 bits per heavy atom. The fourth-order valence-electron chi connectivity index (χ4n) is 2.31. The Morgan fingerprint density at radius 1 is 1.06 bits per heavy atom. The van der Waals surface area contributed by atoms with Gasteiger partial charge in [-0.05, 0) is 11.6 Å². The molecule has 1 aromatic heterocycles. The highest BCUT2D eigenvalue weighted by atomic mass is 16.2. The summed E-state index contributed by atoms with van der Waals surface area (Å²) in [6.07, 6.45) is 3.11. The molecular formula is C13H8N4O. The summed E-state index contributed by atoms with van der Waals surface area (Å²) in [5, 5.41) is 0. The molecule has 0 fully saturated rings. The second kappa shape index (κ2) is 3.22. The van der Waals surface area contributed by atoms with Crippen LogP contribution in [0.15, 0.2) is 41.7 Å². The SMILES string of the molecule is O=C1c2nccnc2C2=Nc3ccccc3CN12. The number of aliphatic imine (C=N–C) groups is 1. The summed E-state index contributed by atoms with van der Waals surface area (Å²) in [5.41, 5.74) is 2.92. The first-order valence-corrected chi connectivity index (χ1v) is 5.64. The molecule has 4 rings (SSSR count). The first kappa shape index (κ1) is 9.47. The van der Waals surface area contributed by atoms with Gasteiger partial charge in [0, 0.05) is 12.4 Å². The maximum absolute atomic E-state index is 12.2. The van der Waals surface area contributed by atoms with Gasteiger partial charge in [0.1, 0.15) is 5.69 Å². The van der Waals surface area contributed by atoms with Gasteiger partial charge >= 0.3 is 0 Å². The lowest BCUT2D eigenvalue weighted by molar-refractivity contribution is 0.0847. The molecule has 86 valence electrons. The van der Waals surface area contributed by atoms with Crippen molar-refractivity contribution in [3.63, 3.8) is 0 Å². The minimum atomic E-state index is -0.119. The van der Waals surface area contributed by atoms with E-state index in [4.69, 9.17) is 0 Å². The van der Waals surface area contributed by atoms with Crippen LogP contribution in [0.5, 0.6) is 0 Å². The normalized spacial score (nSPS) is 15.9. The van der Waals surface area contributed by atoms with Crippen LogP contribution >= 0.6 is 0 Å². The molecule has 0 atom stereocenters. The molecule has 0 radical (unpaired) electrons. The van der Waals surface area contributed by atoms with Crippen LogP contribution in [0.2, 0.25) is 0 Å². The second-order valence-corrected chi connectivity index (χ2v) is 4.21. The molecule has 18 heavy (non-hydrogen) atoms. The topological polar surface area (TPSA) is 58.5 Å². The van der Waals surface area contributed by atoms with Crippen molar-refractivity contribution in [2.24, 2.45) is 4.99 Å². The monoisotopic (exact) mass is 236 g/mol. The third-order valence-corrected chi connectivity index (χ3v) is 3.16. The first-order valence-electron chi connectivity index (χ1n) is 5.64. The summed E-state index contributed by atoms with van der Waals surface area (Å²) in [6.45, 7) is 0.534. The number of hydrogen-bond acceptors (Lipinski definition) is 4. The van der Waals surface area contributed by atoms with Gasteiger partial charge in [0.15, 0.2) is 11.5 Å². The molecule has 0 N–H and O–H groups in total. The molecule has 0 bridgehead atoms. The summed E-state index contributed by atoms with van der Waals surface area (Å²) >= 11 is 0. The third kappa shape index (κ3) is 1.10. The van der Waals surface area contributed by atoms with Crippen molar-refractivity contribution in [3.8, 4) is 0 Å². The number of aromatic nitrogens is 2. The molecule has 3 heterocycles. The zero-order valence-electron chi connectivity index (χ0n) is 9.37. The Bertz CT molecular complexity index is 708. The molecule has 0 saturated heterocycles. The fourth-order valence-corrected chi connectivity index (χ4v) is 2.31. The average Bonchev–Trinajstić information content (AvgIpc) is 2.71. The predicted octanol–water partition coefficient (Wildman–Crippen LogP) is 1.52. The van der Waals surface area contributed by atoms with Crippen LogP contribution in [0.25, 0.3) is 0 Å². The van der Waals surface area contributed by atoms with Crippen LogP contribution in [-0.4, -0.2) is 26.6 Å².